The summed E-state index contributed by atoms with van der Waals surface area (Å²) in [5, 5.41) is 6.29. The number of hydrogen-bond acceptors (Lipinski definition) is 7. The first-order chi connectivity index (χ1) is 16.0. The van der Waals surface area contributed by atoms with E-state index < -0.39 is 14.2 Å². The summed E-state index contributed by atoms with van der Waals surface area (Å²) in [5.41, 5.74) is 1.67. The van der Waals surface area contributed by atoms with Gasteiger partial charge in [-0.25, -0.2) is 14.4 Å². The molecule has 11 heteroatoms. The van der Waals surface area contributed by atoms with Gasteiger partial charge in [-0.15, -0.1) is 0 Å². The first-order valence-corrected chi connectivity index (χ1v) is 12.0. The molecule has 8 nitrogen and oxygen atoms in total. The molecule has 0 aliphatic carbocycles. The number of carbonyl (C=O) groups is 1. The maximum atomic E-state index is 13.3. The summed E-state index contributed by atoms with van der Waals surface area (Å²) in [5.74, 6) is 0.459. The van der Waals surface area contributed by atoms with E-state index in [1.807, 2.05) is 13.8 Å². The van der Waals surface area contributed by atoms with Crippen molar-refractivity contribution >= 4 is 54.5 Å². The molecule has 1 aromatic heterocycles. The van der Waals surface area contributed by atoms with Crippen LogP contribution >= 0.6 is 20.0 Å². The zero-order valence-corrected chi connectivity index (χ0v) is 20.5. The van der Waals surface area contributed by atoms with Crippen molar-refractivity contribution in [3.8, 4) is 5.75 Å². The lowest BCUT2D eigenvalue weighted by Gasteiger charge is -2.12. The quantitative estimate of drug-likeness (QED) is 0.257. The maximum Gasteiger partial charge on any atom is 0.211 e. The van der Waals surface area contributed by atoms with Gasteiger partial charge in [0.05, 0.1) is 36.6 Å². The van der Waals surface area contributed by atoms with E-state index in [0.717, 1.165) is 19.4 Å². The van der Waals surface area contributed by atoms with E-state index in [1.165, 1.54) is 25.6 Å². The third kappa shape index (κ3) is 7.75. The standard InChI is InChI=1S/C16H12ClFN4O2.C6H15O2P/c1-24-15-6-13-10(5-14(15)21-8-23)16(20-7-19-13)22-9-2-3-12(18)11(17)4-9;1-4-7-9(6-3)8-5-2/h2-8H,1H3,(H,21,23)(H,19,20,22);4-6H2,1-3H3. The summed E-state index contributed by atoms with van der Waals surface area (Å²) < 4.78 is 29.1. The second kappa shape index (κ2) is 13.9. The van der Waals surface area contributed by atoms with Crippen LogP contribution in [0.5, 0.6) is 5.75 Å². The highest BCUT2D eigenvalue weighted by atomic mass is 35.5. The molecule has 1 heterocycles. The minimum atomic E-state index is -0.559. The fourth-order valence-electron chi connectivity index (χ4n) is 2.75. The van der Waals surface area contributed by atoms with E-state index in [9.17, 15) is 9.18 Å². The van der Waals surface area contributed by atoms with Crippen molar-refractivity contribution in [2.45, 2.75) is 20.8 Å². The molecule has 3 rings (SSSR count). The van der Waals surface area contributed by atoms with E-state index in [0.29, 0.717) is 40.3 Å². The Morgan fingerprint density at radius 1 is 1.12 bits per heavy atom. The van der Waals surface area contributed by atoms with Gasteiger partial charge in [-0.1, -0.05) is 18.5 Å². The average molecular weight is 497 g/mol. The van der Waals surface area contributed by atoms with Crippen molar-refractivity contribution in [3.05, 3.63) is 47.5 Å². The number of carbonyl (C=O) groups excluding carboxylic acids is 1. The molecular weight excluding hydrogens is 470 g/mol. The molecule has 0 atom stereocenters. The van der Waals surface area contributed by atoms with Gasteiger partial charge >= 0.3 is 0 Å². The van der Waals surface area contributed by atoms with E-state index in [1.54, 1.807) is 18.2 Å². The van der Waals surface area contributed by atoms with Gasteiger partial charge in [0.25, 0.3) is 0 Å². The Hall–Kier alpha value is -2.58. The van der Waals surface area contributed by atoms with Crippen molar-refractivity contribution in [2.24, 2.45) is 0 Å². The highest BCUT2D eigenvalue weighted by Crippen LogP contribution is 2.36. The van der Waals surface area contributed by atoms with E-state index in [4.69, 9.17) is 25.4 Å². The SMILES string of the molecule is CCOP(CC)OCC.COc1cc2ncnc(Nc3ccc(F)c(Cl)c3)c2cc1NC=O. The third-order valence-corrected chi connectivity index (χ3v) is 6.06. The molecule has 0 aliphatic rings. The van der Waals surface area contributed by atoms with Gasteiger partial charge in [0, 0.05) is 23.3 Å². The molecule has 0 fully saturated rings. The number of nitrogens with one attached hydrogen (secondary N) is 2. The summed E-state index contributed by atoms with van der Waals surface area (Å²) in [6, 6.07) is 7.64. The molecule has 0 radical (unpaired) electrons. The summed E-state index contributed by atoms with van der Waals surface area (Å²) in [7, 11) is 0.939. The van der Waals surface area contributed by atoms with E-state index in [-0.39, 0.29) is 5.02 Å². The number of ether oxygens (including phenoxy) is 1. The third-order valence-electron chi connectivity index (χ3n) is 4.16. The molecule has 0 aliphatic heterocycles. The fourth-order valence-corrected chi connectivity index (χ4v) is 3.94. The normalized spacial score (nSPS) is 10.5. The van der Waals surface area contributed by atoms with Crippen molar-refractivity contribution in [3.63, 3.8) is 0 Å². The van der Waals surface area contributed by atoms with Gasteiger partial charge in [-0.05, 0) is 38.1 Å². The van der Waals surface area contributed by atoms with Crippen LogP contribution < -0.4 is 15.4 Å². The van der Waals surface area contributed by atoms with Gasteiger partial charge in [0.15, 0.2) is 8.38 Å². The lowest BCUT2D eigenvalue weighted by atomic mass is 10.2. The van der Waals surface area contributed by atoms with Crippen LogP contribution in [0.15, 0.2) is 36.7 Å². The van der Waals surface area contributed by atoms with Gasteiger partial charge in [0.1, 0.15) is 23.7 Å². The summed E-state index contributed by atoms with van der Waals surface area (Å²) in [4.78, 5) is 19.1. The van der Waals surface area contributed by atoms with Crippen LogP contribution in [0, 0.1) is 5.82 Å². The smallest absolute Gasteiger partial charge is 0.211 e. The minimum Gasteiger partial charge on any atom is -0.494 e. The molecule has 0 saturated carbocycles. The Morgan fingerprint density at radius 3 is 2.42 bits per heavy atom. The highest BCUT2D eigenvalue weighted by molar-refractivity contribution is 7.47. The minimum absolute atomic E-state index is 0.00309. The summed E-state index contributed by atoms with van der Waals surface area (Å²) in [6.07, 6.45) is 2.94. The molecular formula is C22H27ClFN4O4P. The zero-order chi connectivity index (χ0) is 24.2. The van der Waals surface area contributed by atoms with Gasteiger partial charge in [0.2, 0.25) is 6.41 Å². The molecule has 33 heavy (non-hydrogen) atoms. The first-order valence-electron chi connectivity index (χ1n) is 10.3. The molecule has 0 unspecified atom stereocenters. The maximum absolute atomic E-state index is 13.3. The number of fused-ring (bicyclic) bond motifs is 1. The van der Waals surface area contributed by atoms with Crippen LogP contribution in [0.2, 0.25) is 5.02 Å². The second-order valence-electron chi connectivity index (χ2n) is 6.29. The Kier molecular flexibility index (Phi) is 11.2. The van der Waals surface area contributed by atoms with Crippen LogP contribution in [0.3, 0.4) is 0 Å². The molecule has 2 aromatic carbocycles. The Bertz CT molecular complexity index is 1050. The average Bonchev–Trinajstić information content (AvgIpc) is 2.82. The Morgan fingerprint density at radius 2 is 1.85 bits per heavy atom. The molecule has 178 valence electrons. The highest BCUT2D eigenvalue weighted by Gasteiger charge is 2.11. The second-order valence-corrected chi connectivity index (χ2v) is 8.51. The molecule has 1 amide bonds. The number of aromatic nitrogens is 2. The number of nitrogens with zero attached hydrogens (tertiary/aromatic N) is 2. The Balaban J connectivity index is 0.000000365. The van der Waals surface area contributed by atoms with Crippen LogP contribution in [-0.4, -0.2) is 42.9 Å². The first kappa shape index (κ1) is 26.7. The number of hydrogen-bond donors (Lipinski definition) is 2. The summed E-state index contributed by atoms with van der Waals surface area (Å²) in [6.45, 7) is 7.59. The predicted octanol–water partition coefficient (Wildman–Crippen LogP) is 6.13. The van der Waals surface area contributed by atoms with Crippen molar-refractivity contribution in [2.75, 3.05) is 37.1 Å². The van der Waals surface area contributed by atoms with Crippen LogP contribution in [-0.2, 0) is 13.8 Å². The number of amides is 1. The Labute approximate surface area is 198 Å². The zero-order valence-electron chi connectivity index (χ0n) is 18.9. The van der Waals surface area contributed by atoms with Gasteiger partial charge in [-0.3, -0.25) is 4.79 Å². The number of rotatable bonds is 10. The fraction of sp³-hybridized carbons (Fsp3) is 0.318. The van der Waals surface area contributed by atoms with Gasteiger partial charge < -0.3 is 24.4 Å². The molecule has 0 spiro atoms. The number of benzene rings is 2. The van der Waals surface area contributed by atoms with Gasteiger partial charge in [-0.2, -0.15) is 0 Å². The van der Waals surface area contributed by atoms with E-state index >= 15 is 0 Å². The summed E-state index contributed by atoms with van der Waals surface area (Å²) >= 11 is 5.79. The number of anilines is 3. The molecule has 3 aromatic rings. The van der Waals surface area contributed by atoms with Crippen LogP contribution in [0.1, 0.15) is 20.8 Å². The van der Waals surface area contributed by atoms with E-state index in [2.05, 4.69) is 27.5 Å². The molecule has 0 saturated heterocycles. The number of methoxy groups -OCH3 is 1. The predicted molar refractivity (Wildman–Crippen MR) is 131 cm³/mol. The van der Waals surface area contributed by atoms with Crippen LogP contribution in [0.25, 0.3) is 10.9 Å². The largest absolute Gasteiger partial charge is 0.494 e. The van der Waals surface area contributed by atoms with Crippen molar-refractivity contribution < 1.29 is 23.0 Å². The monoisotopic (exact) mass is 496 g/mol. The van der Waals surface area contributed by atoms with Crippen molar-refractivity contribution in [1.29, 1.82) is 0 Å². The molecule has 2 N–H and O–H groups in total. The number of halogens is 2. The van der Waals surface area contributed by atoms with Crippen LogP contribution in [0.4, 0.5) is 21.6 Å². The lowest BCUT2D eigenvalue weighted by Crippen LogP contribution is -2.00. The topological polar surface area (TPSA) is 94.6 Å². The van der Waals surface area contributed by atoms with Crippen molar-refractivity contribution in [1.82, 2.24) is 9.97 Å². The molecule has 0 bridgehead atoms. The lowest BCUT2D eigenvalue weighted by molar-refractivity contribution is -0.105.